The number of rotatable bonds is 11. The molecule has 1 heterocycles. The van der Waals surface area contributed by atoms with Crippen LogP contribution in [0.1, 0.15) is 42.1 Å². The number of nitrogens with one attached hydrogen (secondary N) is 2. The summed E-state index contributed by atoms with van der Waals surface area (Å²) in [6.45, 7) is 2.33. The minimum absolute atomic E-state index is 0.118. The molecule has 8 nitrogen and oxygen atoms in total. The lowest BCUT2D eigenvalue weighted by Gasteiger charge is -2.25. The molecule has 2 amide bonds. The van der Waals surface area contributed by atoms with E-state index in [0.717, 1.165) is 5.56 Å². The molecule has 0 aliphatic carbocycles. The zero-order chi connectivity index (χ0) is 24.5. The zero-order valence-electron chi connectivity index (χ0n) is 19.3. The van der Waals surface area contributed by atoms with Crippen LogP contribution in [0, 0.1) is 0 Å². The summed E-state index contributed by atoms with van der Waals surface area (Å²) in [7, 11) is 0. The molecule has 1 fully saturated rings. The maximum atomic E-state index is 13.0. The van der Waals surface area contributed by atoms with Crippen molar-refractivity contribution < 1.29 is 24.3 Å². The lowest BCUT2D eigenvalue weighted by molar-refractivity contribution is -0.148. The number of aliphatic carboxylic acids is 1. The summed E-state index contributed by atoms with van der Waals surface area (Å²) in [5.74, 6) is -1.74. The summed E-state index contributed by atoms with van der Waals surface area (Å²) >= 11 is 0. The van der Waals surface area contributed by atoms with Gasteiger partial charge in [-0.05, 0) is 43.9 Å². The van der Waals surface area contributed by atoms with Crippen LogP contribution in [0.15, 0.2) is 60.7 Å². The van der Waals surface area contributed by atoms with Gasteiger partial charge < -0.3 is 20.6 Å². The first-order valence-electron chi connectivity index (χ1n) is 11.6. The highest BCUT2D eigenvalue weighted by molar-refractivity contribution is 5.98. The van der Waals surface area contributed by atoms with Gasteiger partial charge in [0.1, 0.15) is 6.04 Å². The largest absolute Gasteiger partial charge is 0.480 e. The first-order chi connectivity index (χ1) is 16.4. The van der Waals surface area contributed by atoms with Crippen molar-refractivity contribution in [2.24, 2.45) is 0 Å². The number of carboxylic acids is 1. The molecule has 1 aliphatic heterocycles. The fraction of sp³-hybridized carbons (Fsp3) is 0.385. The molecule has 3 N–H and O–H groups in total. The van der Waals surface area contributed by atoms with Crippen molar-refractivity contribution in [3.63, 3.8) is 0 Å². The van der Waals surface area contributed by atoms with Crippen LogP contribution in [-0.4, -0.2) is 64.8 Å². The average molecular weight is 466 g/mol. The van der Waals surface area contributed by atoms with Crippen molar-refractivity contribution >= 4 is 23.6 Å². The predicted octanol–water partition coefficient (Wildman–Crippen LogP) is 2.04. The number of likely N-dealkylation sites (tertiary alicyclic amines) is 1. The maximum Gasteiger partial charge on any atom is 0.326 e. The van der Waals surface area contributed by atoms with Gasteiger partial charge >= 0.3 is 5.97 Å². The standard InChI is InChI=1S/C26H31N3O5/c1-18(25(32)29-16-8-13-22(29)26(33)34)27-15-14-23(30)21(17-19-9-4-2-5-10-19)28-24(31)20-11-6-3-7-12-20/h2-7,9-12,18,21-22,27H,8,13-17H2,1H3,(H,28,31)(H,33,34)/t18-,21?,22-/m0/s1. The summed E-state index contributed by atoms with van der Waals surface area (Å²) in [4.78, 5) is 51.1. The maximum absolute atomic E-state index is 13.0. The van der Waals surface area contributed by atoms with E-state index in [-0.39, 0.29) is 30.6 Å². The summed E-state index contributed by atoms with van der Waals surface area (Å²) in [5, 5.41) is 15.2. The van der Waals surface area contributed by atoms with Gasteiger partial charge in [0.05, 0.1) is 12.1 Å². The summed E-state index contributed by atoms with van der Waals surface area (Å²) in [6.07, 6.45) is 1.60. The van der Waals surface area contributed by atoms with Crippen LogP contribution in [0.25, 0.3) is 0 Å². The van der Waals surface area contributed by atoms with Gasteiger partial charge in [0.2, 0.25) is 5.91 Å². The van der Waals surface area contributed by atoms with Crippen LogP contribution in [0.5, 0.6) is 0 Å². The topological polar surface area (TPSA) is 116 Å². The molecule has 2 aromatic rings. The number of nitrogens with zero attached hydrogens (tertiary/aromatic N) is 1. The molecule has 1 saturated heterocycles. The Morgan fingerprint density at radius 2 is 1.68 bits per heavy atom. The quantitative estimate of drug-likeness (QED) is 0.468. The Hall–Kier alpha value is -3.52. The molecule has 3 rings (SSSR count). The second kappa shape index (κ2) is 12.1. The Labute approximate surface area is 199 Å². The van der Waals surface area contributed by atoms with E-state index >= 15 is 0 Å². The molecule has 180 valence electrons. The Morgan fingerprint density at radius 3 is 2.32 bits per heavy atom. The van der Waals surface area contributed by atoms with Crippen LogP contribution < -0.4 is 10.6 Å². The minimum Gasteiger partial charge on any atom is -0.480 e. The second-order valence-electron chi connectivity index (χ2n) is 8.50. The van der Waals surface area contributed by atoms with Crippen LogP contribution >= 0.6 is 0 Å². The molecule has 8 heteroatoms. The van der Waals surface area contributed by atoms with Crippen molar-refractivity contribution in [3.8, 4) is 0 Å². The molecule has 1 unspecified atom stereocenters. The van der Waals surface area contributed by atoms with Crippen molar-refractivity contribution in [2.45, 2.75) is 50.7 Å². The highest BCUT2D eigenvalue weighted by atomic mass is 16.4. The van der Waals surface area contributed by atoms with Gasteiger partial charge in [-0.2, -0.15) is 0 Å². The first-order valence-corrected chi connectivity index (χ1v) is 11.6. The summed E-state index contributed by atoms with van der Waals surface area (Å²) in [5.41, 5.74) is 1.41. The number of amides is 2. The average Bonchev–Trinajstić information content (AvgIpc) is 3.34. The highest BCUT2D eigenvalue weighted by Gasteiger charge is 2.35. The number of carbonyl (C=O) groups excluding carboxylic acids is 3. The molecule has 0 saturated carbocycles. The third-order valence-electron chi connectivity index (χ3n) is 6.03. The van der Waals surface area contributed by atoms with Gasteiger partial charge in [0.15, 0.2) is 5.78 Å². The van der Waals surface area contributed by atoms with Crippen LogP contribution in [0.4, 0.5) is 0 Å². The monoisotopic (exact) mass is 465 g/mol. The Bertz CT molecular complexity index is 996. The summed E-state index contributed by atoms with van der Waals surface area (Å²) < 4.78 is 0. The number of benzene rings is 2. The number of Topliss-reactive ketones (excluding diaryl/α,β-unsaturated/α-hetero) is 1. The number of hydrogen-bond donors (Lipinski definition) is 3. The van der Waals surface area contributed by atoms with Gasteiger partial charge in [0.25, 0.3) is 5.91 Å². The molecular weight excluding hydrogens is 434 g/mol. The lowest BCUT2D eigenvalue weighted by atomic mass is 10.00. The number of ketones is 1. The minimum atomic E-state index is -0.994. The highest BCUT2D eigenvalue weighted by Crippen LogP contribution is 2.18. The Balaban J connectivity index is 1.58. The molecule has 0 aromatic heterocycles. The predicted molar refractivity (Wildman–Crippen MR) is 127 cm³/mol. The van der Waals surface area contributed by atoms with E-state index in [0.29, 0.717) is 31.4 Å². The van der Waals surface area contributed by atoms with Crippen molar-refractivity contribution in [1.82, 2.24) is 15.5 Å². The van der Waals surface area contributed by atoms with Gasteiger partial charge in [0, 0.05) is 25.1 Å². The van der Waals surface area contributed by atoms with Gasteiger partial charge in [-0.15, -0.1) is 0 Å². The molecule has 34 heavy (non-hydrogen) atoms. The third-order valence-corrected chi connectivity index (χ3v) is 6.03. The lowest BCUT2D eigenvalue weighted by Crippen LogP contribution is -2.49. The van der Waals surface area contributed by atoms with Gasteiger partial charge in [-0.25, -0.2) is 4.79 Å². The normalized spacial score (nSPS) is 17.1. The second-order valence-corrected chi connectivity index (χ2v) is 8.50. The SMILES string of the molecule is C[C@H](NCCC(=O)C(Cc1ccccc1)NC(=O)c1ccccc1)C(=O)N1CCC[C@H]1C(=O)O. The van der Waals surface area contributed by atoms with Crippen LogP contribution in [0.3, 0.4) is 0 Å². The first kappa shape index (κ1) is 25.1. The Kier molecular flexibility index (Phi) is 8.93. The molecule has 3 atom stereocenters. The van der Waals surface area contributed by atoms with Crippen LogP contribution in [-0.2, 0) is 20.8 Å². The molecule has 0 spiro atoms. The fourth-order valence-electron chi connectivity index (χ4n) is 4.14. The van der Waals surface area contributed by atoms with Crippen molar-refractivity contribution in [2.75, 3.05) is 13.1 Å². The Morgan fingerprint density at radius 1 is 1.03 bits per heavy atom. The number of carboxylic acid groups (broad SMARTS) is 1. The van der Waals surface area contributed by atoms with E-state index in [1.165, 1.54) is 4.90 Å². The van der Waals surface area contributed by atoms with Crippen molar-refractivity contribution in [3.05, 3.63) is 71.8 Å². The van der Waals surface area contributed by atoms with Gasteiger partial charge in [-0.3, -0.25) is 14.4 Å². The van der Waals surface area contributed by atoms with Crippen molar-refractivity contribution in [1.29, 1.82) is 0 Å². The smallest absolute Gasteiger partial charge is 0.326 e. The zero-order valence-corrected chi connectivity index (χ0v) is 19.3. The molecule has 0 radical (unpaired) electrons. The number of carbonyl (C=O) groups is 4. The van der Waals surface area contributed by atoms with E-state index in [1.54, 1.807) is 31.2 Å². The van der Waals surface area contributed by atoms with E-state index in [2.05, 4.69) is 10.6 Å². The van der Waals surface area contributed by atoms with E-state index in [9.17, 15) is 24.3 Å². The van der Waals surface area contributed by atoms with Crippen LogP contribution in [0.2, 0.25) is 0 Å². The molecule has 1 aliphatic rings. The molecule has 2 aromatic carbocycles. The fourth-order valence-corrected chi connectivity index (χ4v) is 4.14. The van der Waals surface area contributed by atoms with E-state index in [4.69, 9.17) is 0 Å². The molecule has 0 bridgehead atoms. The third kappa shape index (κ3) is 6.74. The van der Waals surface area contributed by atoms with E-state index in [1.807, 2.05) is 36.4 Å². The van der Waals surface area contributed by atoms with Gasteiger partial charge in [-0.1, -0.05) is 48.5 Å². The summed E-state index contributed by atoms with van der Waals surface area (Å²) in [6, 6.07) is 16.1. The van der Waals surface area contributed by atoms with E-state index < -0.39 is 24.1 Å². The molecular formula is C26H31N3O5. The number of hydrogen-bond acceptors (Lipinski definition) is 5.